The Morgan fingerprint density at radius 3 is 2.75 bits per heavy atom. The van der Waals surface area contributed by atoms with Gasteiger partial charge in [0.2, 0.25) is 0 Å². The summed E-state index contributed by atoms with van der Waals surface area (Å²) in [5.41, 5.74) is 0.515. The lowest BCUT2D eigenvalue weighted by molar-refractivity contribution is -0.128. The molecule has 2 amide bonds. The van der Waals surface area contributed by atoms with E-state index in [1.807, 2.05) is 0 Å². The smallest absolute Gasteiger partial charge is 0.265 e. The Bertz CT molecular complexity index is 643. The van der Waals surface area contributed by atoms with Gasteiger partial charge in [-0.3, -0.25) is 19.8 Å². The number of likely N-dealkylation sites (N-methyl/N-ethyl adjacent to an activating group) is 1. The van der Waals surface area contributed by atoms with E-state index in [0.717, 1.165) is 0 Å². The van der Waals surface area contributed by atoms with E-state index in [1.165, 1.54) is 25.1 Å². The number of halogens is 1. The highest BCUT2D eigenvalue weighted by Crippen LogP contribution is 2.25. The van der Waals surface area contributed by atoms with Crippen LogP contribution in [0.25, 0.3) is 6.08 Å². The van der Waals surface area contributed by atoms with Crippen molar-refractivity contribution in [2.45, 2.75) is 0 Å². The predicted molar refractivity (Wildman–Crippen MR) is 79.5 cm³/mol. The van der Waals surface area contributed by atoms with Gasteiger partial charge in [-0.15, -0.1) is 0 Å². The molecule has 0 spiro atoms. The molecule has 0 unspecified atom stereocenters. The van der Waals surface area contributed by atoms with Gasteiger partial charge in [-0.05, 0) is 36.5 Å². The number of nitrogens with one attached hydrogen (secondary N) is 1. The van der Waals surface area contributed by atoms with E-state index in [4.69, 9.17) is 28.6 Å². The van der Waals surface area contributed by atoms with Crippen LogP contribution in [0.15, 0.2) is 23.8 Å². The lowest BCUT2D eigenvalue weighted by atomic mass is 10.1. The first-order valence-corrected chi connectivity index (χ1v) is 6.41. The average Bonchev–Trinajstić information content (AvgIpc) is 2.41. The predicted octanol–water partition coefficient (Wildman–Crippen LogP) is 1.61. The van der Waals surface area contributed by atoms with Crippen LogP contribution in [-0.4, -0.2) is 36.0 Å². The molecule has 2 rings (SSSR count). The van der Waals surface area contributed by atoms with Crippen molar-refractivity contribution >= 4 is 46.8 Å². The zero-order valence-corrected chi connectivity index (χ0v) is 12.3. The summed E-state index contributed by atoms with van der Waals surface area (Å²) in [6.07, 6.45) is 1.43. The highest BCUT2D eigenvalue weighted by molar-refractivity contribution is 7.80. The zero-order valence-electron chi connectivity index (χ0n) is 10.8. The van der Waals surface area contributed by atoms with Crippen molar-refractivity contribution in [3.63, 3.8) is 0 Å². The van der Waals surface area contributed by atoms with Gasteiger partial charge >= 0.3 is 0 Å². The Kier molecular flexibility index (Phi) is 4.06. The minimum atomic E-state index is -0.542. The first-order chi connectivity index (χ1) is 9.43. The molecule has 1 saturated heterocycles. The van der Waals surface area contributed by atoms with Gasteiger partial charge in [0.1, 0.15) is 11.3 Å². The van der Waals surface area contributed by atoms with E-state index in [9.17, 15) is 9.59 Å². The average molecular weight is 311 g/mol. The SMILES string of the molecule is COc1ccc(Cl)cc1/C=C1\C(=O)NC(=S)N(C)C1=O. The number of hydrogen-bond acceptors (Lipinski definition) is 4. The fraction of sp³-hybridized carbons (Fsp3) is 0.154. The second-order valence-corrected chi connectivity index (χ2v) is 4.89. The van der Waals surface area contributed by atoms with Crippen molar-refractivity contribution in [2.75, 3.05) is 14.2 Å². The van der Waals surface area contributed by atoms with Crippen molar-refractivity contribution < 1.29 is 14.3 Å². The molecule has 0 radical (unpaired) electrons. The number of methoxy groups -OCH3 is 1. The lowest BCUT2D eigenvalue weighted by Gasteiger charge is -2.25. The van der Waals surface area contributed by atoms with Crippen LogP contribution in [0.4, 0.5) is 0 Å². The number of nitrogens with zero attached hydrogens (tertiary/aromatic N) is 1. The maximum Gasteiger partial charge on any atom is 0.265 e. The van der Waals surface area contributed by atoms with Crippen molar-refractivity contribution in [3.05, 3.63) is 34.4 Å². The van der Waals surface area contributed by atoms with Crippen LogP contribution < -0.4 is 10.1 Å². The van der Waals surface area contributed by atoms with Crippen LogP contribution in [0.1, 0.15) is 5.56 Å². The summed E-state index contributed by atoms with van der Waals surface area (Å²) in [5, 5.41) is 2.99. The summed E-state index contributed by atoms with van der Waals surface area (Å²) < 4.78 is 5.17. The summed E-state index contributed by atoms with van der Waals surface area (Å²) in [7, 11) is 2.99. The zero-order chi connectivity index (χ0) is 14.9. The number of amides is 2. The van der Waals surface area contributed by atoms with Gasteiger partial charge in [0.15, 0.2) is 5.11 Å². The van der Waals surface area contributed by atoms with Crippen LogP contribution in [0.5, 0.6) is 5.75 Å². The molecule has 1 aromatic carbocycles. The second kappa shape index (κ2) is 5.60. The number of ether oxygens (including phenoxy) is 1. The van der Waals surface area contributed by atoms with Crippen LogP contribution >= 0.6 is 23.8 Å². The van der Waals surface area contributed by atoms with Crippen molar-refractivity contribution in [3.8, 4) is 5.75 Å². The standard InChI is InChI=1S/C13H11ClN2O3S/c1-16-12(18)9(11(17)15-13(16)20)6-7-5-8(14)3-4-10(7)19-2/h3-6H,1-2H3,(H,15,17,20)/b9-6+. The Labute approximate surface area is 126 Å². The van der Waals surface area contributed by atoms with E-state index in [0.29, 0.717) is 16.3 Å². The van der Waals surface area contributed by atoms with Gasteiger partial charge in [0, 0.05) is 17.6 Å². The number of carbonyl (C=O) groups excluding carboxylic acids is 2. The second-order valence-electron chi connectivity index (χ2n) is 4.07. The Balaban J connectivity index is 2.49. The van der Waals surface area contributed by atoms with E-state index in [1.54, 1.807) is 18.2 Å². The fourth-order valence-corrected chi connectivity index (χ4v) is 2.08. The molecule has 1 fully saturated rings. The summed E-state index contributed by atoms with van der Waals surface area (Å²) in [5.74, 6) is -0.501. The highest BCUT2D eigenvalue weighted by atomic mass is 35.5. The van der Waals surface area contributed by atoms with Gasteiger partial charge in [0.05, 0.1) is 7.11 Å². The van der Waals surface area contributed by atoms with Crippen LogP contribution in [0.3, 0.4) is 0 Å². The fourth-order valence-electron chi connectivity index (χ4n) is 1.72. The minimum absolute atomic E-state index is 0.0262. The molecule has 0 atom stereocenters. The first-order valence-electron chi connectivity index (χ1n) is 5.62. The molecule has 0 saturated carbocycles. The maximum atomic E-state index is 12.1. The number of carbonyl (C=O) groups is 2. The molecule has 20 heavy (non-hydrogen) atoms. The Morgan fingerprint density at radius 1 is 1.40 bits per heavy atom. The van der Waals surface area contributed by atoms with Crippen LogP contribution in [0.2, 0.25) is 5.02 Å². The lowest BCUT2D eigenvalue weighted by Crippen LogP contribution is -2.52. The summed E-state index contributed by atoms with van der Waals surface area (Å²) in [4.78, 5) is 25.1. The summed E-state index contributed by atoms with van der Waals surface area (Å²) in [6.45, 7) is 0. The van der Waals surface area contributed by atoms with Crippen LogP contribution in [0, 0.1) is 0 Å². The molecule has 1 aliphatic heterocycles. The van der Waals surface area contributed by atoms with Crippen molar-refractivity contribution in [1.82, 2.24) is 10.2 Å². The van der Waals surface area contributed by atoms with Crippen molar-refractivity contribution in [2.24, 2.45) is 0 Å². The topological polar surface area (TPSA) is 58.6 Å². The normalized spacial score (nSPS) is 17.4. The largest absolute Gasteiger partial charge is 0.496 e. The van der Waals surface area contributed by atoms with Gasteiger partial charge in [-0.2, -0.15) is 0 Å². The van der Waals surface area contributed by atoms with E-state index >= 15 is 0 Å². The van der Waals surface area contributed by atoms with Crippen LogP contribution in [-0.2, 0) is 9.59 Å². The summed E-state index contributed by atoms with van der Waals surface area (Å²) in [6, 6.07) is 4.93. The highest BCUT2D eigenvalue weighted by Gasteiger charge is 2.30. The molecule has 1 N–H and O–H groups in total. The quantitative estimate of drug-likeness (QED) is 0.512. The number of hydrogen-bond donors (Lipinski definition) is 1. The third-order valence-corrected chi connectivity index (χ3v) is 3.41. The number of rotatable bonds is 2. The van der Waals surface area contributed by atoms with Gasteiger partial charge in [0.25, 0.3) is 11.8 Å². The monoisotopic (exact) mass is 310 g/mol. The molecule has 1 aromatic rings. The molecule has 0 aliphatic carbocycles. The summed E-state index contributed by atoms with van der Waals surface area (Å²) >= 11 is 10.8. The molecule has 7 heteroatoms. The Hall–Kier alpha value is -1.92. The molecule has 0 aromatic heterocycles. The molecular weight excluding hydrogens is 300 g/mol. The number of thiocarbonyl (C=S) groups is 1. The third-order valence-electron chi connectivity index (χ3n) is 2.80. The minimum Gasteiger partial charge on any atom is -0.496 e. The molecule has 1 heterocycles. The molecule has 0 bridgehead atoms. The van der Waals surface area contributed by atoms with E-state index in [2.05, 4.69) is 5.32 Å². The number of benzene rings is 1. The van der Waals surface area contributed by atoms with Gasteiger partial charge in [-0.1, -0.05) is 11.6 Å². The molecule has 5 nitrogen and oxygen atoms in total. The Morgan fingerprint density at radius 2 is 2.10 bits per heavy atom. The van der Waals surface area contributed by atoms with Gasteiger partial charge < -0.3 is 4.74 Å². The molecule has 1 aliphatic rings. The maximum absolute atomic E-state index is 12.1. The van der Waals surface area contributed by atoms with Gasteiger partial charge in [-0.25, -0.2) is 0 Å². The molecule has 104 valence electrons. The molecular formula is C13H11ClN2O3S. The van der Waals surface area contributed by atoms with E-state index < -0.39 is 11.8 Å². The third kappa shape index (κ3) is 2.66. The van der Waals surface area contributed by atoms with Crippen molar-refractivity contribution in [1.29, 1.82) is 0 Å². The first kappa shape index (κ1) is 14.5. The van der Waals surface area contributed by atoms with E-state index in [-0.39, 0.29) is 10.7 Å².